The van der Waals surface area contributed by atoms with Crippen LogP contribution in [0.3, 0.4) is 0 Å². The van der Waals surface area contributed by atoms with Crippen molar-refractivity contribution in [1.29, 1.82) is 0 Å². The summed E-state index contributed by atoms with van der Waals surface area (Å²) in [6.45, 7) is 5.54. The highest BCUT2D eigenvalue weighted by atomic mass is 35.5. The Bertz CT molecular complexity index is 1040. The van der Waals surface area contributed by atoms with Crippen molar-refractivity contribution in [2.75, 3.05) is 18.4 Å². The molecule has 6 nitrogen and oxygen atoms in total. The summed E-state index contributed by atoms with van der Waals surface area (Å²) in [5.74, 6) is 1.73. The Morgan fingerprint density at radius 1 is 1.16 bits per heavy atom. The summed E-state index contributed by atoms with van der Waals surface area (Å²) < 4.78 is 0. The molecule has 0 aliphatic carbocycles. The van der Waals surface area contributed by atoms with Gasteiger partial charge in [0.05, 0.1) is 16.6 Å². The Morgan fingerprint density at radius 2 is 1.97 bits per heavy atom. The molecule has 0 bridgehead atoms. The monoisotopic (exact) mass is 435 g/mol. The number of aryl methyl sites for hydroxylation is 1. The van der Waals surface area contributed by atoms with E-state index in [2.05, 4.69) is 27.2 Å². The minimum atomic E-state index is 0.0305. The van der Waals surface area contributed by atoms with Gasteiger partial charge in [-0.3, -0.25) is 4.79 Å². The summed E-state index contributed by atoms with van der Waals surface area (Å²) in [5.41, 5.74) is 2.38. The van der Waals surface area contributed by atoms with Gasteiger partial charge in [-0.05, 0) is 49.4 Å². The molecule has 2 unspecified atom stereocenters. The second kappa shape index (κ2) is 9.43. The number of pyridine rings is 1. The molecule has 160 valence electrons. The second-order valence-electron chi connectivity index (χ2n) is 8.00. The van der Waals surface area contributed by atoms with Crippen LogP contribution >= 0.6 is 11.6 Å². The molecule has 1 fully saturated rings. The van der Waals surface area contributed by atoms with Crippen molar-refractivity contribution in [3.05, 3.63) is 71.1 Å². The standard InChI is InChI=1S/C24H26ClN5O/c1-16-7-4-13-30(20(16)15-29-21-10-9-18(25)14-28-21)24(31)22-17(2)6-3-8-19(22)23-26-11-5-12-27-23/h3,5-6,8-12,14,16,20H,4,7,13,15H2,1-2H3,(H,28,29). The van der Waals surface area contributed by atoms with Crippen LogP contribution in [0.15, 0.2) is 55.0 Å². The summed E-state index contributed by atoms with van der Waals surface area (Å²) in [6, 6.07) is 11.3. The number of nitrogens with zero attached hydrogens (tertiary/aromatic N) is 4. The Kier molecular flexibility index (Phi) is 6.47. The summed E-state index contributed by atoms with van der Waals surface area (Å²) in [6.07, 6.45) is 7.11. The highest BCUT2D eigenvalue weighted by molar-refractivity contribution is 6.30. The van der Waals surface area contributed by atoms with Crippen LogP contribution in [0.5, 0.6) is 0 Å². The van der Waals surface area contributed by atoms with Gasteiger partial charge in [-0.1, -0.05) is 36.7 Å². The molecule has 0 spiro atoms. The predicted octanol–water partition coefficient (Wildman–Crippen LogP) is 4.85. The van der Waals surface area contributed by atoms with Gasteiger partial charge in [0.25, 0.3) is 5.91 Å². The molecule has 31 heavy (non-hydrogen) atoms. The molecule has 1 aromatic carbocycles. The van der Waals surface area contributed by atoms with Crippen molar-refractivity contribution in [1.82, 2.24) is 19.9 Å². The number of benzene rings is 1. The van der Waals surface area contributed by atoms with Gasteiger partial charge in [0, 0.05) is 37.2 Å². The van der Waals surface area contributed by atoms with E-state index in [0.29, 0.717) is 28.9 Å². The fourth-order valence-corrected chi connectivity index (χ4v) is 4.33. The molecule has 1 N–H and O–H groups in total. The van der Waals surface area contributed by atoms with Crippen molar-refractivity contribution in [2.45, 2.75) is 32.7 Å². The normalized spacial score (nSPS) is 18.6. The van der Waals surface area contributed by atoms with E-state index in [1.807, 2.05) is 42.2 Å². The molecule has 1 aliphatic rings. The summed E-state index contributed by atoms with van der Waals surface area (Å²) >= 11 is 5.94. The average Bonchev–Trinajstić information content (AvgIpc) is 2.79. The van der Waals surface area contributed by atoms with Crippen LogP contribution in [0.1, 0.15) is 35.7 Å². The zero-order valence-corrected chi connectivity index (χ0v) is 18.5. The van der Waals surface area contributed by atoms with E-state index in [4.69, 9.17) is 11.6 Å². The molecular weight excluding hydrogens is 410 g/mol. The van der Waals surface area contributed by atoms with Gasteiger partial charge in [0.2, 0.25) is 0 Å². The Balaban J connectivity index is 1.62. The number of likely N-dealkylation sites (tertiary alicyclic amines) is 1. The van der Waals surface area contributed by atoms with Crippen molar-refractivity contribution >= 4 is 23.3 Å². The zero-order chi connectivity index (χ0) is 21.8. The summed E-state index contributed by atoms with van der Waals surface area (Å²) in [4.78, 5) is 28.9. The lowest BCUT2D eigenvalue weighted by Crippen LogP contribution is -2.51. The van der Waals surface area contributed by atoms with Crippen LogP contribution in [0.2, 0.25) is 5.02 Å². The molecule has 1 aliphatic heterocycles. The number of aromatic nitrogens is 3. The van der Waals surface area contributed by atoms with Crippen LogP contribution in [-0.4, -0.2) is 44.9 Å². The Hall–Kier alpha value is -2.99. The topological polar surface area (TPSA) is 71.0 Å². The maximum atomic E-state index is 13.8. The first-order chi connectivity index (χ1) is 15.0. The molecule has 2 atom stereocenters. The second-order valence-corrected chi connectivity index (χ2v) is 8.43. The van der Waals surface area contributed by atoms with Crippen molar-refractivity contribution in [3.63, 3.8) is 0 Å². The fraction of sp³-hybridized carbons (Fsp3) is 0.333. The van der Waals surface area contributed by atoms with Gasteiger partial charge < -0.3 is 10.2 Å². The van der Waals surface area contributed by atoms with Crippen molar-refractivity contribution < 1.29 is 4.79 Å². The first-order valence-electron chi connectivity index (χ1n) is 10.6. The number of hydrogen-bond donors (Lipinski definition) is 1. The highest BCUT2D eigenvalue weighted by Gasteiger charge is 2.34. The average molecular weight is 436 g/mol. The van der Waals surface area contributed by atoms with Gasteiger partial charge in [0.15, 0.2) is 5.82 Å². The zero-order valence-electron chi connectivity index (χ0n) is 17.8. The van der Waals surface area contributed by atoms with E-state index >= 15 is 0 Å². The summed E-state index contributed by atoms with van der Waals surface area (Å²) in [7, 11) is 0. The minimum Gasteiger partial charge on any atom is -0.368 e. The molecule has 0 saturated carbocycles. The predicted molar refractivity (Wildman–Crippen MR) is 123 cm³/mol. The van der Waals surface area contributed by atoms with E-state index in [1.54, 1.807) is 24.7 Å². The lowest BCUT2D eigenvalue weighted by atomic mass is 9.89. The van der Waals surface area contributed by atoms with E-state index in [9.17, 15) is 4.79 Å². The third kappa shape index (κ3) is 4.69. The number of halogens is 1. The number of rotatable bonds is 5. The van der Waals surface area contributed by atoms with Gasteiger partial charge in [0.1, 0.15) is 5.82 Å². The largest absolute Gasteiger partial charge is 0.368 e. The van der Waals surface area contributed by atoms with Crippen molar-refractivity contribution in [3.8, 4) is 11.4 Å². The maximum absolute atomic E-state index is 13.8. The van der Waals surface area contributed by atoms with Gasteiger partial charge >= 0.3 is 0 Å². The highest BCUT2D eigenvalue weighted by Crippen LogP contribution is 2.30. The smallest absolute Gasteiger partial charge is 0.255 e. The van der Waals surface area contributed by atoms with E-state index in [1.165, 1.54) is 0 Å². The molecule has 4 rings (SSSR count). The number of nitrogens with one attached hydrogen (secondary N) is 1. The van der Waals surface area contributed by atoms with E-state index in [0.717, 1.165) is 36.3 Å². The van der Waals surface area contributed by atoms with Crippen LogP contribution < -0.4 is 5.32 Å². The van der Waals surface area contributed by atoms with E-state index < -0.39 is 0 Å². The molecule has 3 heterocycles. The first-order valence-corrected chi connectivity index (χ1v) is 11.0. The number of amides is 1. The molecular formula is C24H26ClN5O. The third-order valence-electron chi connectivity index (χ3n) is 5.89. The number of hydrogen-bond acceptors (Lipinski definition) is 5. The first kappa shape index (κ1) is 21.2. The van der Waals surface area contributed by atoms with Crippen LogP contribution in [0.4, 0.5) is 5.82 Å². The quantitative estimate of drug-likeness (QED) is 0.620. The van der Waals surface area contributed by atoms with Gasteiger partial charge in [-0.15, -0.1) is 0 Å². The molecule has 1 amide bonds. The number of carbonyl (C=O) groups excluding carboxylic acids is 1. The van der Waals surface area contributed by atoms with Crippen LogP contribution in [-0.2, 0) is 0 Å². The summed E-state index contributed by atoms with van der Waals surface area (Å²) in [5, 5.41) is 3.98. The Morgan fingerprint density at radius 3 is 2.71 bits per heavy atom. The molecule has 7 heteroatoms. The van der Waals surface area contributed by atoms with E-state index in [-0.39, 0.29) is 11.9 Å². The fourth-order valence-electron chi connectivity index (χ4n) is 4.22. The molecule has 3 aromatic rings. The van der Waals surface area contributed by atoms with Crippen LogP contribution in [0.25, 0.3) is 11.4 Å². The van der Waals surface area contributed by atoms with Gasteiger partial charge in [-0.2, -0.15) is 0 Å². The van der Waals surface area contributed by atoms with Gasteiger partial charge in [-0.25, -0.2) is 15.0 Å². The van der Waals surface area contributed by atoms with Crippen LogP contribution in [0, 0.1) is 12.8 Å². The molecule has 1 saturated heterocycles. The minimum absolute atomic E-state index is 0.0305. The molecule has 2 aromatic heterocycles. The third-order valence-corrected chi connectivity index (χ3v) is 6.11. The Labute approximate surface area is 187 Å². The number of carbonyl (C=O) groups is 1. The van der Waals surface area contributed by atoms with Crippen molar-refractivity contribution in [2.24, 2.45) is 5.92 Å². The number of piperidine rings is 1. The lowest BCUT2D eigenvalue weighted by molar-refractivity contribution is 0.0540. The lowest BCUT2D eigenvalue weighted by Gasteiger charge is -2.40. The maximum Gasteiger partial charge on any atom is 0.255 e. The molecule has 0 radical (unpaired) electrons. The number of anilines is 1. The SMILES string of the molecule is Cc1cccc(-c2ncccn2)c1C(=O)N1CCCC(C)C1CNc1ccc(Cl)cn1.